The minimum absolute atomic E-state index is 0.0253. The number of aryl methyl sites for hydroxylation is 2. The predicted molar refractivity (Wildman–Crippen MR) is 198 cm³/mol. The number of carbonyl (C=O) groups is 1. The maximum atomic E-state index is 13.1. The van der Waals surface area contributed by atoms with Crippen molar-refractivity contribution in [2.45, 2.75) is 40.2 Å². The number of piperazine rings is 1. The largest absolute Gasteiger partial charge is 0.487 e. The van der Waals surface area contributed by atoms with Crippen LogP contribution in [0.4, 0.5) is 4.39 Å². The molecule has 262 valence electrons. The lowest BCUT2D eigenvalue weighted by atomic mass is 10.1. The van der Waals surface area contributed by atoms with Crippen LogP contribution in [0.25, 0.3) is 6.08 Å². The van der Waals surface area contributed by atoms with Gasteiger partial charge < -0.3 is 19.1 Å². The molecule has 9 heteroatoms. The summed E-state index contributed by atoms with van der Waals surface area (Å²) in [7, 11) is 0. The van der Waals surface area contributed by atoms with Crippen molar-refractivity contribution in [2.24, 2.45) is 0 Å². The first-order chi connectivity index (χ1) is 24.8. The summed E-state index contributed by atoms with van der Waals surface area (Å²) in [5.41, 5.74) is 7.18. The molecule has 1 aromatic heterocycles. The fourth-order valence-electron chi connectivity index (χ4n) is 5.72. The van der Waals surface area contributed by atoms with E-state index in [1.165, 1.54) is 23.3 Å². The number of halogens is 2. The molecule has 0 bridgehead atoms. The number of hydrogen-bond donors (Lipinski definition) is 0. The lowest BCUT2D eigenvalue weighted by Gasteiger charge is -2.34. The second-order valence-electron chi connectivity index (χ2n) is 12.7. The molecule has 0 spiro atoms. The third-order valence-corrected chi connectivity index (χ3v) is 8.96. The Morgan fingerprint density at radius 2 is 1.43 bits per heavy atom. The monoisotopic (exact) mass is 705 g/mol. The van der Waals surface area contributed by atoms with E-state index in [9.17, 15) is 9.18 Å². The molecule has 4 aromatic carbocycles. The van der Waals surface area contributed by atoms with Crippen molar-refractivity contribution in [1.29, 1.82) is 0 Å². The average molecular weight is 706 g/mol. The molecule has 1 aliphatic rings. The molecule has 0 radical (unpaired) electrons. The number of carbonyl (C=O) groups excluding carboxylic acids is 1. The van der Waals surface area contributed by atoms with Crippen LogP contribution in [0.5, 0.6) is 17.4 Å². The Labute approximate surface area is 303 Å². The van der Waals surface area contributed by atoms with Gasteiger partial charge in [0.15, 0.2) is 5.75 Å². The van der Waals surface area contributed by atoms with Crippen LogP contribution in [-0.2, 0) is 35.9 Å². The van der Waals surface area contributed by atoms with Gasteiger partial charge in [-0.05, 0) is 83.6 Å². The summed E-state index contributed by atoms with van der Waals surface area (Å²) in [6.45, 7) is 9.10. The van der Waals surface area contributed by atoms with Crippen LogP contribution in [0.1, 0.15) is 38.9 Å². The average Bonchev–Trinajstić information content (AvgIpc) is 3.14. The fourth-order valence-corrected chi connectivity index (χ4v) is 6.03. The van der Waals surface area contributed by atoms with Crippen LogP contribution in [0.2, 0.25) is 5.02 Å². The maximum absolute atomic E-state index is 13.1. The van der Waals surface area contributed by atoms with Gasteiger partial charge in [0.25, 0.3) is 0 Å². The highest BCUT2D eigenvalue weighted by atomic mass is 35.5. The van der Waals surface area contributed by atoms with Crippen LogP contribution in [0.3, 0.4) is 0 Å². The Balaban J connectivity index is 0.931. The summed E-state index contributed by atoms with van der Waals surface area (Å²) in [5, 5.41) is 0.433. The van der Waals surface area contributed by atoms with Gasteiger partial charge in [-0.25, -0.2) is 9.37 Å². The Morgan fingerprint density at radius 3 is 2.08 bits per heavy atom. The summed E-state index contributed by atoms with van der Waals surface area (Å²) >= 11 is 6.62. The number of hydrogen-bond acceptors (Lipinski definition) is 6. The van der Waals surface area contributed by atoms with Crippen molar-refractivity contribution in [3.8, 4) is 17.4 Å². The highest BCUT2D eigenvalue weighted by Crippen LogP contribution is 2.34. The summed E-state index contributed by atoms with van der Waals surface area (Å²) in [5.74, 6) is 1.29. The number of ether oxygens (including phenoxy) is 3. The highest BCUT2D eigenvalue weighted by Gasteiger charge is 2.20. The number of aromatic nitrogens is 1. The van der Waals surface area contributed by atoms with E-state index in [2.05, 4.69) is 53.2 Å². The van der Waals surface area contributed by atoms with Gasteiger partial charge in [0.2, 0.25) is 11.8 Å². The Hall–Kier alpha value is -5.02. The van der Waals surface area contributed by atoms with Gasteiger partial charge in [0.05, 0.1) is 24.4 Å². The first-order valence-corrected chi connectivity index (χ1v) is 17.4. The van der Waals surface area contributed by atoms with Crippen molar-refractivity contribution in [2.75, 3.05) is 26.2 Å². The maximum Gasteiger partial charge on any atom is 0.246 e. The Morgan fingerprint density at radius 1 is 0.804 bits per heavy atom. The van der Waals surface area contributed by atoms with E-state index in [0.717, 1.165) is 47.5 Å². The van der Waals surface area contributed by atoms with E-state index in [0.29, 0.717) is 55.3 Å². The van der Waals surface area contributed by atoms with Crippen molar-refractivity contribution < 1.29 is 23.4 Å². The zero-order valence-electron chi connectivity index (χ0n) is 28.9. The van der Waals surface area contributed by atoms with Crippen molar-refractivity contribution in [3.63, 3.8) is 0 Å². The minimum atomic E-state index is -0.247. The molecule has 2 heterocycles. The number of nitrogens with zero attached hydrogens (tertiary/aromatic N) is 3. The summed E-state index contributed by atoms with van der Waals surface area (Å²) in [6.07, 6.45) is 5.03. The molecule has 0 unspecified atom stereocenters. The van der Waals surface area contributed by atoms with E-state index in [1.54, 1.807) is 42.6 Å². The van der Waals surface area contributed by atoms with E-state index in [4.69, 9.17) is 25.8 Å². The number of pyridine rings is 1. The first-order valence-electron chi connectivity index (χ1n) is 17.0. The molecule has 0 aliphatic carbocycles. The first kappa shape index (κ1) is 35.8. The molecular weight excluding hydrogens is 665 g/mol. The fraction of sp³-hybridized carbons (Fsp3) is 0.238. The standard InChI is InChI=1S/C42H41ClFN3O4/c1-30-3-5-35(6-4-30)29-50-38-16-17-40(45-25-38)51-42-31(2)23-36(24-39(42)43)13-18-41(48)47-21-19-46(20-22-47)26-32-7-9-33(10-8-32)27-49-28-34-11-14-37(44)15-12-34/h3-18,23-25H,19-22,26-29H2,1-2H3. The molecule has 0 saturated carbocycles. The molecular formula is C42H41ClFN3O4. The Bertz CT molecular complexity index is 1900. The third kappa shape index (κ3) is 10.5. The van der Waals surface area contributed by atoms with E-state index in [-0.39, 0.29) is 11.7 Å². The van der Waals surface area contributed by atoms with Crippen LogP contribution in [0, 0.1) is 19.7 Å². The van der Waals surface area contributed by atoms with Crippen molar-refractivity contribution in [1.82, 2.24) is 14.8 Å². The quantitative estimate of drug-likeness (QED) is 0.114. The molecule has 1 fully saturated rings. The van der Waals surface area contributed by atoms with Gasteiger partial charge in [-0.3, -0.25) is 9.69 Å². The Kier molecular flexibility index (Phi) is 12.1. The second kappa shape index (κ2) is 17.3. The molecule has 7 nitrogen and oxygen atoms in total. The van der Waals surface area contributed by atoms with Gasteiger partial charge in [0.1, 0.15) is 18.2 Å². The SMILES string of the molecule is Cc1ccc(COc2ccc(Oc3c(C)cc(C=CC(=O)N4CCN(Cc5ccc(COCc6ccc(F)cc6)cc5)CC4)cc3Cl)nc2)cc1. The van der Waals surface area contributed by atoms with Crippen LogP contribution < -0.4 is 9.47 Å². The van der Waals surface area contributed by atoms with Crippen molar-refractivity contribution in [3.05, 3.63) is 159 Å². The highest BCUT2D eigenvalue weighted by molar-refractivity contribution is 6.32. The van der Waals surface area contributed by atoms with Gasteiger partial charge in [-0.15, -0.1) is 0 Å². The van der Waals surface area contributed by atoms with Gasteiger partial charge >= 0.3 is 0 Å². The lowest BCUT2D eigenvalue weighted by Crippen LogP contribution is -2.47. The normalized spacial score (nSPS) is 13.5. The van der Waals surface area contributed by atoms with E-state index in [1.807, 2.05) is 36.1 Å². The van der Waals surface area contributed by atoms with Gasteiger partial charge in [-0.1, -0.05) is 77.8 Å². The lowest BCUT2D eigenvalue weighted by molar-refractivity contribution is -0.127. The minimum Gasteiger partial charge on any atom is -0.487 e. The van der Waals surface area contributed by atoms with Crippen LogP contribution in [0.15, 0.2) is 109 Å². The van der Waals surface area contributed by atoms with Crippen LogP contribution in [-0.4, -0.2) is 46.9 Å². The predicted octanol–water partition coefficient (Wildman–Crippen LogP) is 8.94. The molecule has 0 N–H and O–H groups in total. The zero-order chi connectivity index (χ0) is 35.6. The molecule has 6 rings (SSSR count). The van der Waals surface area contributed by atoms with Crippen LogP contribution >= 0.6 is 11.6 Å². The third-order valence-electron chi connectivity index (χ3n) is 8.68. The van der Waals surface area contributed by atoms with E-state index >= 15 is 0 Å². The second-order valence-corrected chi connectivity index (χ2v) is 13.1. The number of amides is 1. The molecule has 1 amide bonds. The summed E-state index contributed by atoms with van der Waals surface area (Å²) < 4.78 is 30.7. The number of rotatable bonds is 13. The summed E-state index contributed by atoms with van der Waals surface area (Å²) in [4.78, 5) is 21.6. The molecule has 0 atom stereocenters. The zero-order valence-corrected chi connectivity index (χ0v) is 29.6. The van der Waals surface area contributed by atoms with Gasteiger partial charge in [0, 0.05) is 44.9 Å². The van der Waals surface area contributed by atoms with Gasteiger partial charge in [-0.2, -0.15) is 0 Å². The molecule has 51 heavy (non-hydrogen) atoms. The smallest absolute Gasteiger partial charge is 0.246 e. The summed E-state index contributed by atoms with van der Waals surface area (Å²) in [6, 6.07) is 30.2. The molecule has 1 saturated heterocycles. The van der Waals surface area contributed by atoms with Crippen molar-refractivity contribution >= 4 is 23.6 Å². The van der Waals surface area contributed by atoms with E-state index < -0.39 is 0 Å². The topological polar surface area (TPSA) is 64.1 Å². The molecule has 5 aromatic rings. The number of benzene rings is 4. The molecule has 1 aliphatic heterocycles.